The van der Waals surface area contributed by atoms with Crippen LogP contribution in [0.1, 0.15) is 30.5 Å². The molecule has 2 aromatic rings. The summed E-state index contributed by atoms with van der Waals surface area (Å²) >= 11 is 3.39. The summed E-state index contributed by atoms with van der Waals surface area (Å²) in [5.41, 5.74) is 6.47. The van der Waals surface area contributed by atoms with Gasteiger partial charge in [0.25, 0.3) is 0 Å². The van der Waals surface area contributed by atoms with E-state index in [4.69, 9.17) is 10.5 Å². The molecule has 1 unspecified atom stereocenters. The lowest BCUT2D eigenvalue weighted by molar-refractivity contribution is 0.315. The van der Waals surface area contributed by atoms with Crippen LogP contribution >= 0.6 is 15.9 Å². The fraction of sp³-hybridized carbons (Fsp3) is 0.250. The third kappa shape index (κ3) is 3.60. The van der Waals surface area contributed by atoms with Gasteiger partial charge in [0.15, 0.2) is 0 Å². The maximum Gasteiger partial charge on any atom is 0.133 e. The second kappa shape index (κ2) is 7.00. The summed E-state index contributed by atoms with van der Waals surface area (Å²) in [7, 11) is 0. The van der Waals surface area contributed by atoms with Crippen molar-refractivity contribution in [1.82, 2.24) is 0 Å². The van der Waals surface area contributed by atoms with Gasteiger partial charge in [-0.2, -0.15) is 0 Å². The maximum absolute atomic E-state index is 13.8. The number of ether oxygens (including phenoxy) is 1. The van der Waals surface area contributed by atoms with Gasteiger partial charge < -0.3 is 10.5 Å². The van der Waals surface area contributed by atoms with Crippen molar-refractivity contribution in [3.8, 4) is 5.75 Å². The van der Waals surface area contributed by atoms with Gasteiger partial charge in [0.05, 0.1) is 17.1 Å². The molecular formula is C16H16BrF2NO. The molecule has 2 aromatic carbocycles. The van der Waals surface area contributed by atoms with Crippen molar-refractivity contribution in [2.24, 2.45) is 5.73 Å². The highest BCUT2D eigenvalue weighted by molar-refractivity contribution is 9.10. The minimum atomic E-state index is -0.872. The fourth-order valence-corrected chi connectivity index (χ4v) is 2.53. The van der Waals surface area contributed by atoms with Crippen LogP contribution in [0, 0.1) is 11.6 Å². The summed E-state index contributed by atoms with van der Waals surface area (Å²) in [5.74, 6) is -0.614. The lowest BCUT2D eigenvalue weighted by Crippen LogP contribution is -2.15. The normalized spacial score (nSPS) is 12.2. The summed E-state index contributed by atoms with van der Waals surface area (Å²) in [6.45, 7) is 2.62. The average molecular weight is 356 g/mol. The zero-order valence-electron chi connectivity index (χ0n) is 11.6. The van der Waals surface area contributed by atoms with Crippen molar-refractivity contribution >= 4 is 15.9 Å². The first-order valence-electron chi connectivity index (χ1n) is 6.66. The molecule has 1 atom stereocenters. The van der Waals surface area contributed by atoms with E-state index in [2.05, 4.69) is 15.9 Å². The van der Waals surface area contributed by atoms with Crippen LogP contribution in [-0.2, 0) is 0 Å². The zero-order valence-corrected chi connectivity index (χ0v) is 13.2. The van der Waals surface area contributed by atoms with Crippen LogP contribution in [0.5, 0.6) is 5.75 Å². The minimum absolute atomic E-state index is 0.133. The molecule has 0 bridgehead atoms. The minimum Gasteiger partial charge on any atom is -0.492 e. The molecule has 2 N–H and O–H groups in total. The van der Waals surface area contributed by atoms with Gasteiger partial charge >= 0.3 is 0 Å². The Morgan fingerprint density at radius 3 is 2.43 bits per heavy atom. The smallest absolute Gasteiger partial charge is 0.133 e. The maximum atomic E-state index is 13.8. The molecule has 0 aromatic heterocycles. The summed E-state index contributed by atoms with van der Waals surface area (Å²) < 4.78 is 33.8. The summed E-state index contributed by atoms with van der Waals surface area (Å²) in [5, 5.41) is 0. The molecule has 0 aliphatic heterocycles. The largest absolute Gasteiger partial charge is 0.492 e. The number of nitrogens with two attached hydrogens (primary N) is 1. The van der Waals surface area contributed by atoms with E-state index in [0.29, 0.717) is 22.4 Å². The zero-order chi connectivity index (χ0) is 15.4. The molecular weight excluding hydrogens is 340 g/mol. The quantitative estimate of drug-likeness (QED) is 0.852. The number of benzene rings is 2. The third-order valence-electron chi connectivity index (χ3n) is 3.09. The van der Waals surface area contributed by atoms with Gasteiger partial charge in [0.1, 0.15) is 17.4 Å². The second-order valence-electron chi connectivity index (χ2n) is 4.65. The fourth-order valence-electron chi connectivity index (χ4n) is 2.01. The lowest BCUT2D eigenvalue weighted by Gasteiger charge is -2.16. The molecule has 112 valence electrons. The predicted molar refractivity (Wildman–Crippen MR) is 82.3 cm³/mol. The van der Waals surface area contributed by atoms with Crippen LogP contribution in [0.25, 0.3) is 0 Å². The Kier molecular flexibility index (Phi) is 5.31. The SMILES string of the molecule is CCCOc1ccc(C(N)c2c(F)cccc2F)cc1Br. The van der Waals surface area contributed by atoms with Crippen LogP contribution < -0.4 is 10.5 Å². The molecule has 0 fully saturated rings. The average Bonchev–Trinajstić information content (AvgIpc) is 2.45. The Balaban J connectivity index is 2.32. The Labute approximate surface area is 131 Å². The number of rotatable bonds is 5. The first kappa shape index (κ1) is 15.9. The molecule has 21 heavy (non-hydrogen) atoms. The van der Waals surface area contributed by atoms with E-state index in [1.165, 1.54) is 18.2 Å². The highest BCUT2D eigenvalue weighted by Crippen LogP contribution is 2.31. The Bertz CT molecular complexity index is 613. The van der Waals surface area contributed by atoms with E-state index in [1.807, 2.05) is 6.92 Å². The third-order valence-corrected chi connectivity index (χ3v) is 3.71. The lowest BCUT2D eigenvalue weighted by atomic mass is 9.98. The molecule has 0 aliphatic carbocycles. The molecule has 0 amide bonds. The van der Waals surface area contributed by atoms with Gasteiger partial charge in [0.2, 0.25) is 0 Å². The van der Waals surface area contributed by atoms with E-state index < -0.39 is 17.7 Å². The standard InChI is InChI=1S/C16H16BrF2NO/c1-2-8-21-14-7-6-10(9-11(14)17)16(20)15-12(18)4-3-5-13(15)19/h3-7,9,16H,2,8,20H2,1H3. The van der Waals surface area contributed by atoms with E-state index in [-0.39, 0.29) is 5.56 Å². The molecule has 2 rings (SSSR count). The number of hydrogen-bond acceptors (Lipinski definition) is 2. The Hall–Kier alpha value is -1.46. The van der Waals surface area contributed by atoms with E-state index in [0.717, 1.165) is 6.42 Å². The Morgan fingerprint density at radius 1 is 1.19 bits per heavy atom. The van der Waals surface area contributed by atoms with Crippen molar-refractivity contribution in [1.29, 1.82) is 0 Å². The molecule has 0 aliphatic rings. The summed E-state index contributed by atoms with van der Waals surface area (Å²) in [4.78, 5) is 0. The van der Waals surface area contributed by atoms with Gasteiger partial charge in [-0.05, 0) is 52.2 Å². The molecule has 2 nitrogen and oxygen atoms in total. The van der Waals surface area contributed by atoms with Crippen LogP contribution in [0.3, 0.4) is 0 Å². The number of hydrogen-bond donors (Lipinski definition) is 1. The predicted octanol–water partition coefficient (Wildman–Crippen LogP) is 4.56. The highest BCUT2D eigenvalue weighted by Gasteiger charge is 2.19. The molecule has 0 radical (unpaired) electrons. The van der Waals surface area contributed by atoms with Crippen molar-refractivity contribution < 1.29 is 13.5 Å². The molecule has 0 saturated heterocycles. The van der Waals surface area contributed by atoms with Crippen LogP contribution in [-0.4, -0.2) is 6.61 Å². The molecule has 0 heterocycles. The van der Waals surface area contributed by atoms with Crippen LogP contribution in [0.4, 0.5) is 8.78 Å². The van der Waals surface area contributed by atoms with Gasteiger partial charge in [-0.25, -0.2) is 8.78 Å². The van der Waals surface area contributed by atoms with Crippen molar-refractivity contribution in [3.63, 3.8) is 0 Å². The first-order valence-corrected chi connectivity index (χ1v) is 7.45. The summed E-state index contributed by atoms with van der Waals surface area (Å²) in [6.07, 6.45) is 0.897. The van der Waals surface area contributed by atoms with E-state index in [9.17, 15) is 8.78 Å². The van der Waals surface area contributed by atoms with Gasteiger partial charge in [-0.3, -0.25) is 0 Å². The highest BCUT2D eigenvalue weighted by atomic mass is 79.9. The molecule has 5 heteroatoms. The van der Waals surface area contributed by atoms with Gasteiger partial charge in [-0.15, -0.1) is 0 Å². The van der Waals surface area contributed by atoms with E-state index in [1.54, 1.807) is 18.2 Å². The van der Waals surface area contributed by atoms with Crippen molar-refractivity contribution in [3.05, 3.63) is 63.6 Å². The number of halogens is 3. The van der Waals surface area contributed by atoms with E-state index >= 15 is 0 Å². The monoisotopic (exact) mass is 355 g/mol. The van der Waals surface area contributed by atoms with Gasteiger partial charge in [0, 0.05) is 5.56 Å². The molecule has 0 saturated carbocycles. The second-order valence-corrected chi connectivity index (χ2v) is 5.51. The molecule has 0 spiro atoms. The van der Waals surface area contributed by atoms with Crippen molar-refractivity contribution in [2.75, 3.05) is 6.61 Å². The van der Waals surface area contributed by atoms with Gasteiger partial charge in [-0.1, -0.05) is 19.1 Å². The van der Waals surface area contributed by atoms with Crippen LogP contribution in [0.15, 0.2) is 40.9 Å². The van der Waals surface area contributed by atoms with Crippen molar-refractivity contribution in [2.45, 2.75) is 19.4 Å². The topological polar surface area (TPSA) is 35.2 Å². The summed E-state index contributed by atoms with van der Waals surface area (Å²) in [6, 6.07) is 8.03. The van der Waals surface area contributed by atoms with Crippen LogP contribution in [0.2, 0.25) is 0 Å². The Morgan fingerprint density at radius 2 is 1.86 bits per heavy atom. The first-order chi connectivity index (χ1) is 10.0.